The van der Waals surface area contributed by atoms with Gasteiger partial charge in [0.1, 0.15) is 0 Å². The van der Waals surface area contributed by atoms with Gasteiger partial charge in [-0.25, -0.2) is 8.42 Å². The summed E-state index contributed by atoms with van der Waals surface area (Å²) in [6, 6.07) is 6.44. The Hall–Kier alpha value is -1.22. The lowest BCUT2D eigenvalue weighted by atomic mass is 9.98. The van der Waals surface area contributed by atoms with Crippen LogP contribution < -0.4 is 5.32 Å². The van der Waals surface area contributed by atoms with Crippen LogP contribution in [0.15, 0.2) is 29.0 Å². The minimum atomic E-state index is -3.04. The Morgan fingerprint density at radius 2 is 2.19 bits per heavy atom. The molecule has 2 aromatic heterocycles. The number of carbonyl (C=O) groups is 1. The lowest BCUT2D eigenvalue weighted by molar-refractivity contribution is -0.124. The molecular formula is C18H22N2O3S3. The molecule has 0 radical (unpaired) electrons. The Balaban J connectivity index is 1.51. The fraction of sp³-hybridized carbons (Fsp3) is 0.500. The largest absolute Gasteiger partial charge is 0.349 e. The SMILES string of the molecule is C[C@]1(NC(=O)CN2CCc3sccc3[C@@H]2c2cccs2)CCS(=O)(=O)C1. The monoisotopic (exact) mass is 410 g/mol. The first-order valence-electron chi connectivity index (χ1n) is 8.70. The molecule has 4 rings (SSSR count). The molecule has 1 amide bonds. The summed E-state index contributed by atoms with van der Waals surface area (Å²) in [7, 11) is -3.04. The first-order chi connectivity index (χ1) is 12.4. The molecule has 4 heterocycles. The third kappa shape index (κ3) is 3.60. The van der Waals surface area contributed by atoms with Crippen molar-refractivity contribution < 1.29 is 13.2 Å². The van der Waals surface area contributed by atoms with Crippen molar-refractivity contribution in [3.8, 4) is 0 Å². The van der Waals surface area contributed by atoms with Gasteiger partial charge < -0.3 is 5.32 Å². The highest BCUT2D eigenvalue weighted by molar-refractivity contribution is 7.91. The third-order valence-electron chi connectivity index (χ3n) is 5.17. The molecular weight excluding hydrogens is 388 g/mol. The maximum Gasteiger partial charge on any atom is 0.234 e. The Morgan fingerprint density at radius 1 is 1.35 bits per heavy atom. The number of carbonyl (C=O) groups excluding carboxylic acids is 1. The summed E-state index contributed by atoms with van der Waals surface area (Å²) in [5.74, 6) is 0.100. The lowest BCUT2D eigenvalue weighted by Crippen LogP contribution is -2.51. The number of sulfone groups is 1. The topological polar surface area (TPSA) is 66.5 Å². The number of hydrogen-bond donors (Lipinski definition) is 1. The molecule has 1 N–H and O–H groups in total. The molecule has 2 aliphatic heterocycles. The van der Waals surface area contributed by atoms with Crippen molar-refractivity contribution in [1.29, 1.82) is 0 Å². The molecule has 2 atom stereocenters. The first kappa shape index (κ1) is 18.2. The fourth-order valence-corrected chi connectivity index (χ4v) is 7.86. The van der Waals surface area contributed by atoms with E-state index in [1.807, 2.05) is 13.0 Å². The minimum absolute atomic E-state index is 0.0365. The summed E-state index contributed by atoms with van der Waals surface area (Å²) < 4.78 is 23.5. The third-order valence-corrected chi connectivity index (χ3v) is 8.99. The molecule has 0 spiro atoms. The first-order valence-corrected chi connectivity index (χ1v) is 12.3. The molecule has 0 bridgehead atoms. The van der Waals surface area contributed by atoms with Gasteiger partial charge in [-0.1, -0.05) is 6.07 Å². The average Bonchev–Trinajstić information content (AvgIpc) is 3.27. The van der Waals surface area contributed by atoms with Gasteiger partial charge in [0.05, 0.1) is 29.6 Å². The molecule has 5 nitrogen and oxygen atoms in total. The summed E-state index contributed by atoms with van der Waals surface area (Å²) in [4.78, 5) is 17.6. The fourth-order valence-electron chi connectivity index (χ4n) is 3.99. The lowest BCUT2D eigenvalue weighted by Gasteiger charge is -2.35. The van der Waals surface area contributed by atoms with Crippen LogP contribution in [0.25, 0.3) is 0 Å². The highest BCUT2D eigenvalue weighted by Gasteiger charge is 2.40. The summed E-state index contributed by atoms with van der Waals surface area (Å²) >= 11 is 3.49. The van der Waals surface area contributed by atoms with Gasteiger partial charge in [-0.2, -0.15) is 0 Å². The van der Waals surface area contributed by atoms with E-state index in [1.54, 1.807) is 22.7 Å². The van der Waals surface area contributed by atoms with Gasteiger partial charge in [-0.05, 0) is 48.2 Å². The number of fused-ring (bicyclic) bond motifs is 1. The highest BCUT2D eigenvalue weighted by Crippen LogP contribution is 2.39. The standard InChI is InChI=1S/C18H22N2O3S3/c1-18(6-10-26(22,23)12-18)19-16(21)11-20-7-4-14-13(5-9-25-14)17(20)15-3-2-8-24-15/h2-3,5,8-9,17H,4,6-7,10-12H2,1H3,(H,19,21)/t17-,18+/m1/s1. The average molecular weight is 411 g/mol. The zero-order valence-corrected chi connectivity index (χ0v) is 17.1. The van der Waals surface area contributed by atoms with Gasteiger partial charge in [0, 0.05) is 16.3 Å². The number of rotatable bonds is 4. The number of thiophene rings is 2. The smallest absolute Gasteiger partial charge is 0.234 e. The van der Waals surface area contributed by atoms with Crippen molar-refractivity contribution in [2.24, 2.45) is 0 Å². The second-order valence-electron chi connectivity index (χ2n) is 7.39. The van der Waals surface area contributed by atoms with Crippen molar-refractivity contribution in [2.45, 2.75) is 31.3 Å². The van der Waals surface area contributed by atoms with Gasteiger partial charge in [0.25, 0.3) is 0 Å². The number of amides is 1. The van der Waals surface area contributed by atoms with Crippen LogP contribution in [0.5, 0.6) is 0 Å². The predicted molar refractivity (Wildman–Crippen MR) is 106 cm³/mol. The minimum Gasteiger partial charge on any atom is -0.349 e. The normalized spacial score (nSPS) is 28.0. The molecule has 1 fully saturated rings. The molecule has 8 heteroatoms. The van der Waals surface area contributed by atoms with Crippen LogP contribution in [0, 0.1) is 0 Å². The molecule has 2 aliphatic rings. The number of nitrogens with one attached hydrogen (secondary N) is 1. The second-order valence-corrected chi connectivity index (χ2v) is 11.6. The highest BCUT2D eigenvalue weighted by atomic mass is 32.2. The Bertz CT molecular complexity index is 904. The van der Waals surface area contributed by atoms with Crippen molar-refractivity contribution in [3.05, 3.63) is 44.3 Å². The van der Waals surface area contributed by atoms with Gasteiger partial charge in [-0.3, -0.25) is 9.69 Å². The molecule has 0 unspecified atom stereocenters. The Kier molecular flexibility index (Phi) is 4.71. The van der Waals surface area contributed by atoms with Crippen LogP contribution in [-0.4, -0.2) is 49.4 Å². The van der Waals surface area contributed by atoms with E-state index in [0.717, 1.165) is 13.0 Å². The quantitative estimate of drug-likeness (QED) is 0.841. The molecule has 0 saturated carbocycles. The zero-order chi connectivity index (χ0) is 18.4. The molecule has 0 aliphatic carbocycles. The maximum atomic E-state index is 12.7. The molecule has 2 aromatic rings. The van der Waals surface area contributed by atoms with Gasteiger partial charge >= 0.3 is 0 Å². The number of nitrogens with zero attached hydrogens (tertiary/aromatic N) is 1. The Labute approximate surface area is 162 Å². The van der Waals surface area contributed by atoms with Crippen LogP contribution in [-0.2, 0) is 21.1 Å². The van der Waals surface area contributed by atoms with Crippen LogP contribution in [0.4, 0.5) is 0 Å². The van der Waals surface area contributed by atoms with E-state index in [-0.39, 0.29) is 30.0 Å². The van der Waals surface area contributed by atoms with Gasteiger partial charge in [0.15, 0.2) is 9.84 Å². The molecule has 0 aromatic carbocycles. The van der Waals surface area contributed by atoms with E-state index in [1.165, 1.54) is 15.3 Å². The van der Waals surface area contributed by atoms with Crippen molar-refractivity contribution in [1.82, 2.24) is 10.2 Å². The van der Waals surface area contributed by atoms with Crippen molar-refractivity contribution in [3.63, 3.8) is 0 Å². The molecule has 140 valence electrons. The van der Waals surface area contributed by atoms with Crippen molar-refractivity contribution >= 4 is 38.4 Å². The van der Waals surface area contributed by atoms with Gasteiger partial charge in [0.2, 0.25) is 5.91 Å². The second kappa shape index (κ2) is 6.74. The van der Waals surface area contributed by atoms with E-state index in [9.17, 15) is 13.2 Å². The van der Waals surface area contributed by atoms with Gasteiger partial charge in [-0.15, -0.1) is 22.7 Å². The van der Waals surface area contributed by atoms with E-state index in [4.69, 9.17) is 0 Å². The summed E-state index contributed by atoms with van der Waals surface area (Å²) in [5, 5.41) is 7.18. The van der Waals surface area contributed by atoms with Crippen LogP contribution >= 0.6 is 22.7 Å². The number of hydrogen-bond acceptors (Lipinski definition) is 6. The summed E-state index contributed by atoms with van der Waals surface area (Å²) in [6.45, 7) is 2.95. The van der Waals surface area contributed by atoms with Crippen LogP contribution in [0.2, 0.25) is 0 Å². The maximum absolute atomic E-state index is 12.7. The van der Waals surface area contributed by atoms with E-state index in [2.05, 4.69) is 33.1 Å². The summed E-state index contributed by atoms with van der Waals surface area (Å²) in [5.41, 5.74) is 0.656. The predicted octanol–water partition coefficient (Wildman–Crippen LogP) is 2.45. The van der Waals surface area contributed by atoms with E-state index >= 15 is 0 Å². The van der Waals surface area contributed by atoms with Crippen LogP contribution in [0.1, 0.15) is 34.7 Å². The zero-order valence-electron chi connectivity index (χ0n) is 14.6. The van der Waals surface area contributed by atoms with E-state index < -0.39 is 15.4 Å². The Morgan fingerprint density at radius 3 is 2.88 bits per heavy atom. The van der Waals surface area contributed by atoms with E-state index in [0.29, 0.717) is 6.42 Å². The summed E-state index contributed by atoms with van der Waals surface area (Å²) in [6.07, 6.45) is 1.44. The van der Waals surface area contributed by atoms with Crippen molar-refractivity contribution in [2.75, 3.05) is 24.6 Å². The molecule has 1 saturated heterocycles. The van der Waals surface area contributed by atoms with Crippen LogP contribution in [0.3, 0.4) is 0 Å². The molecule has 26 heavy (non-hydrogen) atoms.